The molecular weight excluding hydrogens is 350 g/mol. The molecular formula is C22H27N5O. The number of carbonyl (C=O) groups excluding carboxylic acids is 1. The zero-order valence-corrected chi connectivity index (χ0v) is 16.4. The van der Waals surface area contributed by atoms with Crippen LogP contribution in [0.25, 0.3) is 11.0 Å². The van der Waals surface area contributed by atoms with E-state index in [4.69, 9.17) is 4.98 Å². The summed E-state index contributed by atoms with van der Waals surface area (Å²) < 4.78 is 4.43. The molecule has 2 fully saturated rings. The highest BCUT2D eigenvalue weighted by molar-refractivity contribution is 5.81. The Kier molecular flexibility index (Phi) is 4.41. The smallest absolute Gasteiger partial charge is 0.242 e. The molecule has 1 saturated heterocycles. The van der Waals surface area contributed by atoms with E-state index >= 15 is 0 Å². The number of hydrogen-bond acceptors (Lipinski definition) is 3. The highest BCUT2D eigenvalue weighted by atomic mass is 16.2. The van der Waals surface area contributed by atoms with Crippen LogP contribution in [0.1, 0.15) is 56.2 Å². The van der Waals surface area contributed by atoms with Crippen LogP contribution in [-0.4, -0.2) is 43.0 Å². The Labute approximate surface area is 165 Å². The molecule has 1 unspecified atom stereocenters. The summed E-state index contributed by atoms with van der Waals surface area (Å²) >= 11 is 0. The molecule has 6 heteroatoms. The summed E-state index contributed by atoms with van der Waals surface area (Å²) in [5, 5.41) is 0. The van der Waals surface area contributed by atoms with Gasteiger partial charge in [0.05, 0.1) is 17.1 Å². The topological polar surface area (TPSA) is 56.0 Å². The summed E-state index contributed by atoms with van der Waals surface area (Å²) in [6.07, 6.45) is 9.37. The van der Waals surface area contributed by atoms with Crippen molar-refractivity contribution in [2.75, 3.05) is 13.1 Å². The van der Waals surface area contributed by atoms with Crippen molar-refractivity contribution < 1.29 is 4.79 Å². The predicted octanol–water partition coefficient (Wildman–Crippen LogP) is 3.54. The van der Waals surface area contributed by atoms with Crippen molar-refractivity contribution in [3.63, 3.8) is 0 Å². The maximum absolute atomic E-state index is 13.2. The molecule has 146 valence electrons. The summed E-state index contributed by atoms with van der Waals surface area (Å²) in [7, 11) is 0. The molecule has 6 nitrogen and oxygen atoms in total. The fraction of sp³-hybridized carbons (Fsp3) is 0.500. The average molecular weight is 377 g/mol. The van der Waals surface area contributed by atoms with Crippen LogP contribution in [0.3, 0.4) is 0 Å². The molecule has 2 aliphatic rings. The molecule has 1 aromatic carbocycles. The molecule has 0 N–H and O–H groups in total. The van der Waals surface area contributed by atoms with Crippen LogP contribution in [0, 0.1) is 0 Å². The van der Waals surface area contributed by atoms with Gasteiger partial charge in [-0.05, 0) is 37.8 Å². The third kappa shape index (κ3) is 3.11. The molecule has 0 bridgehead atoms. The number of benzene rings is 1. The standard InChI is InChI=1S/C22H27N5O/c1-2-20-23-11-13-26(20)17-6-5-12-25(14-17)21(28)15-27-19-8-4-3-7-18(19)24-22(27)16-9-10-16/h3-4,7-8,11,13,16-17H,2,5-6,9-10,12,14-15H2,1H3. The lowest BCUT2D eigenvalue weighted by Crippen LogP contribution is -2.42. The fourth-order valence-corrected chi connectivity index (χ4v) is 4.51. The molecule has 1 aliphatic carbocycles. The summed E-state index contributed by atoms with van der Waals surface area (Å²) in [6.45, 7) is 4.14. The van der Waals surface area contributed by atoms with Crippen molar-refractivity contribution in [2.45, 2.75) is 57.5 Å². The van der Waals surface area contributed by atoms with E-state index in [2.05, 4.69) is 33.3 Å². The van der Waals surface area contributed by atoms with E-state index in [1.54, 1.807) is 0 Å². The first-order chi connectivity index (χ1) is 13.7. The van der Waals surface area contributed by atoms with Crippen molar-refractivity contribution in [1.29, 1.82) is 0 Å². The second kappa shape index (κ2) is 7.08. The van der Waals surface area contributed by atoms with Crippen molar-refractivity contribution in [3.05, 3.63) is 48.3 Å². The first-order valence-electron chi connectivity index (χ1n) is 10.5. The fourth-order valence-electron chi connectivity index (χ4n) is 4.51. The van der Waals surface area contributed by atoms with Crippen LogP contribution in [-0.2, 0) is 17.8 Å². The van der Waals surface area contributed by atoms with Crippen LogP contribution in [0.5, 0.6) is 0 Å². The van der Waals surface area contributed by atoms with Gasteiger partial charge in [0.15, 0.2) is 0 Å². The number of likely N-dealkylation sites (tertiary alicyclic amines) is 1. The monoisotopic (exact) mass is 377 g/mol. The highest BCUT2D eigenvalue weighted by Gasteiger charge is 2.31. The quantitative estimate of drug-likeness (QED) is 0.683. The largest absolute Gasteiger partial charge is 0.339 e. The van der Waals surface area contributed by atoms with Gasteiger partial charge in [-0.1, -0.05) is 19.1 Å². The summed E-state index contributed by atoms with van der Waals surface area (Å²) in [6, 6.07) is 8.51. The van der Waals surface area contributed by atoms with Crippen molar-refractivity contribution >= 4 is 16.9 Å². The molecule has 5 rings (SSSR count). The number of nitrogens with zero attached hydrogens (tertiary/aromatic N) is 5. The molecule has 0 radical (unpaired) electrons. The van der Waals surface area contributed by atoms with Gasteiger partial charge < -0.3 is 14.0 Å². The Hall–Kier alpha value is -2.63. The van der Waals surface area contributed by atoms with Crippen LogP contribution >= 0.6 is 0 Å². The van der Waals surface area contributed by atoms with Crippen molar-refractivity contribution in [3.8, 4) is 0 Å². The molecule has 1 amide bonds. The van der Waals surface area contributed by atoms with E-state index in [1.165, 1.54) is 12.8 Å². The SMILES string of the molecule is CCc1nccn1C1CCCN(C(=O)Cn2c(C3CC3)nc3ccccc32)C1. The van der Waals surface area contributed by atoms with Crippen LogP contribution in [0.2, 0.25) is 0 Å². The van der Waals surface area contributed by atoms with Crippen LogP contribution < -0.4 is 0 Å². The maximum Gasteiger partial charge on any atom is 0.242 e. The first-order valence-corrected chi connectivity index (χ1v) is 10.5. The van der Waals surface area contributed by atoms with Crippen LogP contribution in [0.4, 0.5) is 0 Å². The van der Waals surface area contributed by atoms with Crippen molar-refractivity contribution in [1.82, 2.24) is 24.0 Å². The number of para-hydroxylation sites is 2. The van der Waals surface area contributed by atoms with Crippen molar-refractivity contribution in [2.24, 2.45) is 0 Å². The van der Waals surface area contributed by atoms with Gasteiger partial charge in [-0.3, -0.25) is 4.79 Å². The Bertz CT molecular complexity index is 999. The van der Waals surface area contributed by atoms with Gasteiger partial charge in [0, 0.05) is 37.8 Å². The lowest BCUT2D eigenvalue weighted by atomic mass is 10.1. The number of piperidine rings is 1. The van der Waals surface area contributed by atoms with Gasteiger partial charge >= 0.3 is 0 Å². The minimum atomic E-state index is 0.202. The summed E-state index contributed by atoms with van der Waals surface area (Å²) in [4.78, 5) is 24.6. The normalized spacial score (nSPS) is 20.0. The molecule has 2 aromatic heterocycles. The minimum absolute atomic E-state index is 0.202. The van der Waals surface area contributed by atoms with Gasteiger partial charge in [0.2, 0.25) is 5.91 Å². The molecule has 3 aromatic rings. The summed E-state index contributed by atoms with van der Waals surface area (Å²) in [5.74, 6) is 2.92. The predicted molar refractivity (Wildman–Crippen MR) is 108 cm³/mol. The lowest BCUT2D eigenvalue weighted by molar-refractivity contribution is -0.133. The Morgan fingerprint density at radius 1 is 1.21 bits per heavy atom. The van der Waals surface area contributed by atoms with Crippen LogP contribution in [0.15, 0.2) is 36.7 Å². The number of aryl methyl sites for hydroxylation is 1. The Morgan fingerprint density at radius 2 is 2.07 bits per heavy atom. The lowest BCUT2D eigenvalue weighted by Gasteiger charge is -2.34. The molecule has 3 heterocycles. The molecule has 1 saturated carbocycles. The number of amides is 1. The number of carbonyl (C=O) groups is 1. The van der Waals surface area contributed by atoms with Gasteiger partial charge in [0.1, 0.15) is 18.2 Å². The third-order valence-corrected chi connectivity index (χ3v) is 6.13. The number of rotatable bonds is 5. The summed E-state index contributed by atoms with van der Waals surface area (Å²) in [5.41, 5.74) is 2.08. The number of hydrogen-bond donors (Lipinski definition) is 0. The van der Waals surface area contributed by atoms with Gasteiger partial charge in [-0.2, -0.15) is 0 Å². The van der Waals surface area contributed by atoms with E-state index in [0.717, 1.165) is 55.0 Å². The number of imidazole rings is 2. The van der Waals surface area contributed by atoms with Gasteiger partial charge in [-0.25, -0.2) is 9.97 Å². The highest BCUT2D eigenvalue weighted by Crippen LogP contribution is 2.40. The number of aromatic nitrogens is 4. The zero-order chi connectivity index (χ0) is 19.1. The Morgan fingerprint density at radius 3 is 2.89 bits per heavy atom. The molecule has 0 spiro atoms. The van der Waals surface area contributed by atoms with E-state index in [1.807, 2.05) is 29.3 Å². The average Bonchev–Trinajstić information content (AvgIpc) is 3.35. The Balaban J connectivity index is 1.37. The van der Waals surface area contributed by atoms with E-state index in [0.29, 0.717) is 18.5 Å². The zero-order valence-electron chi connectivity index (χ0n) is 16.4. The second-order valence-corrected chi connectivity index (χ2v) is 8.06. The van der Waals surface area contributed by atoms with Gasteiger partial charge in [-0.15, -0.1) is 0 Å². The molecule has 1 atom stereocenters. The molecule has 1 aliphatic heterocycles. The molecule has 28 heavy (non-hydrogen) atoms. The van der Waals surface area contributed by atoms with E-state index < -0.39 is 0 Å². The van der Waals surface area contributed by atoms with E-state index in [9.17, 15) is 4.79 Å². The van der Waals surface area contributed by atoms with E-state index in [-0.39, 0.29) is 5.91 Å². The first kappa shape index (κ1) is 17.5. The number of fused-ring (bicyclic) bond motifs is 1. The third-order valence-electron chi connectivity index (χ3n) is 6.13. The maximum atomic E-state index is 13.2. The minimum Gasteiger partial charge on any atom is -0.339 e. The second-order valence-electron chi connectivity index (χ2n) is 8.06. The van der Waals surface area contributed by atoms with Gasteiger partial charge in [0.25, 0.3) is 0 Å².